The van der Waals surface area contributed by atoms with E-state index in [0.717, 1.165) is 11.3 Å². The van der Waals surface area contributed by atoms with E-state index in [0.29, 0.717) is 25.3 Å². The van der Waals surface area contributed by atoms with Crippen LogP contribution in [0.4, 0.5) is 0 Å². The van der Waals surface area contributed by atoms with Crippen LogP contribution >= 0.6 is 24.2 Å². The molecule has 2 amide bonds. The number of rotatable bonds is 10. The highest BCUT2D eigenvalue weighted by Gasteiger charge is 2.12. The van der Waals surface area contributed by atoms with Gasteiger partial charge in [0.25, 0.3) is 5.91 Å². The first kappa shape index (κ1) is 22.7. The highest BCUT2D eigenvalue weighted by molar-refractivity contribution is 8.00. The summed E-state index contributed by atoms with van der Waals surface area (Å²) in [6, 6.07) is 7.31. The molecule has 8 heteroatoms. The van der Waals surface area contributed by atoms with Gasteiger partial charge in [-0.1, -0.05) is 12.1 Å². The van der Waals surface area contributed by atoms with Gasteiger partial charge in [-0.25, -0.2) is 0 Å². The molecule has 1 aromatic rings. The van der Waals surface area contributed by atoms with E-state index < -0.39 is 0 Å². The zero-order valence-electron chi connectivity index (χ0n) is 14.0. The third-order valence-corrected chi connectivity index (χ3v) is 4.08. The first-order valence-electron chi connectivity index (χ1n) is 7.55. The summed E-state index contributed by atoms with van der Waals surface area (Å²) in [6.45, 7) is 3.40. The van der Waals surface area contributed by atoms with Crippen LogP contribution in [0, 0.1) is 0 Å². The van der Waals surface area contributed by atoms with Crippen molar-refractivity contribution < 1.29 is 14.3 Å². The topological polar surface area (TPSA) is 93.4 Å². The minimum absolute atomic E-state index is 0. The van der Waals surface area contributed by atoms with Gasteiger partial charge in [-0.05, 0) is 25.5 Å². The van der Waals surface area contributed by atoms with Crippen molar-refractivity contribution in [2.75, 3.05) is 32.6 Å². The van der Waals surface area contributed by atoms with Gasteiger partial charge in [0.2, 0.25) is 5.91 Å². The summed E-state index contributed by atoms with van der Waals surface area (Å²) in [5.74, 6) is 0.0289. The van der Waals surface area contributed by atoms with Gasteiger partial charge in [0.1, 0.15) is 0 Å². The van der Waals surface area contributed by atoms with E-state index in [4.69, 9.17) is 10.5 Å². The summed E-state index contributed by atoms with van der Waals surface area (Å²) >= 11 is 1.34. The number of amides is 2. The number of carbonyl (C=O) groups is 2. The van der Waals surface area contributed by atoms with Crippen LogP contribution in [0.1, 0.15) is 23.7 Å². The Labute approximate surface area is 153 Å². The second kappa shape index (κ2) is 13.1. The van der Waals surface area contributed by atoms with Gasteiger partial charge in [-0.2, -0.15) is 0 Å². The molecule has 0 aliphatic rings. The van der Waals surface area contributed by atoms with Gasteiger partial charge in [0, 0.05) is 31.1 Å². The molecular formula is C16H26ClN3O3S. The molecule has 0 aliphatic carbocycles. The Kier molecular flexibility index (Phi) is 12.4. The fourth-order valence-corrected chi connectivity index (χ4v) is 2.66. The van der Waals surface area contributed by atoms with Crippen LogP contribution in [0.15, 0.2) is 29.2 Å². The molecule has 0 spiro atoms. The van der Waals surface area contributed by atoms with E-state index >= 15 is 0 Å². The Balaban J connectivity index is 0.00000529. The number of hydrogen-bond acceptors (Lipinski definition) is 5. The van der Waals surface area contributed by atoms with E-state index in [2.05, 4.69) is 10.6 Å². The molecule has 0 saturated carbocycles. The van der Waals surface area contributed by atoms with E-state index in [9.17, 15) is 9.59 Å². The molecule has 0 heterocycles. The lowest BCUT2D eigenvalue weighted by Crippen LogP contribution is -2.30. The number of benzene rings is 1. The summed E-state index contributed by atoms with van der Waals surface area (Å²) in [6.07, 6.45) is 0.725. The van der Waals surface area contributed by atoms with Crippen molar-refractivity contribution in [3.05, 3.63) is 29.8 Å². The number of ether oxygens (including phenoxy) is 1. The Bertz CT molecular complexity index is 515. The van der Waals surface area contributed by atoms with E-state index in [1.165, 1.54) is 11.8 Å². The molecule has 4 N–H and O–H groups in total. The zero-order chi connectivity index (χ0) is 17.1. The van der Waals surface area contributed by atoms with Crippen LogP contribution in [0.25, 0.3) is 0 Å². The summed E-state index contributed by atoms with van der Waals surface area (Å²) in [7, 11) is 1.58. The Morgan fingerprint density at radius 3 is 2.62 bits per heavy atom. The van der Waals surface area contributed by atoms with Crippen LogP contribution in [0.5, 0.6) is 0 Å². The number of hydrogen-bond donors (Lipinski definition) is 3. The minimum atomic E-state index is -0.145. The van der Waals surface area contributed by atoms with Crippen LogP contribution < -0.4 is 16.4 Å². The summed E-state index contributed by atoms with van der Waals surface area (Å²) < 4.78 is 4.88. The van der Waals surface area contributed by atoms with Crippen molar-refractivity contribution in [2.24, 2.45) is 5.73 Å². The van der Waals surface area contributed by atoms with E-state index in [1.807, 2.05) is 25.1 Å². The molecule has 24 heavy (non-hydrogen) atoms. The third-order valence-electron chi connectivity index (χ3n) is 3.00. The zero-order valence-corrected chi connectivity index (χ0v) is 15.7. The summed E-state index contributed by atoms with van der Waals surface area (Å²) in [5.41, 5.74) is 6.25. The number of methoxy groups -OCH3 is 1. The minimum Gasteiger partial charge on any atom is -0.383 e. The number of halogens is 1. The normalized spacial score (nSPS) is 11.3. The smallest absolute Gasteiger partial charge is 0.252 e. The first-order chi connectivity index (χ1) is 11.0. The molecule has 0 fully saturated rings. The standard InChI is InChI=1S/C16H25N3O3S.ClH/c1-12(17)7-8-19-16(21)13-5-3-4-6-14(13)23-11-15(20)18-9-10-22-2;/h3-6,12H,7-11,17H2,1-2H3,(H,18,20)(H,19,21);1H. The SMILES string of the molecule is COCCNC(=O)CSc1ccccc1C(=O)NCCC(C)N.Cl. The fraction of sp³-hybridized carbons (Fsp3) is 0.500. The van der Waals surface area contributed by atoms with Crippen LogP contribution in [-0.2, 0) is 9.53 Å². The number of thioether (sulfide) groups is 1. The molecule has 1 atom stereocenters. The second-order valence-corrected chi connectivity index (χ2v) is 6.17. The highest BCUT2D eigenvalue weighted by atomic mass is 35.5. The predicted octanol–water partition coefficient (Wildman–Crippen LogP) is 1.43. The molecular weight excluding hydrogens is 350 g/mol. The second-order valence-electron chi connectivity index (χ2n) is 5.15. The monoisotopic (exact) mass is 375 g/mol. The summed E-state index contributed by atoms with van der Waals surface area (Å²) in [4.78, 5) is 24.7. The van der Waals surface area contributed by atoms with Crippen LogP contribution in [0.3, 0.4) is 0 Å². The van der Waals surface area contributed by atoms with Crippen LogP contribution in [-0.4, -0.2) is 50.4 Å². The molecule has 136 valence electrons. The first-order valence-corrected chi connectivity index (χ1v) is 8.54. The Morgan fingerprint density at radius 1 is 1.25 bits per heavy atom. The molecule has 1 unspecified atom stereocenters. The molecule has 1 aromatic carbocycles. The largest absolute Gasteiger partial charge is 0.383 e. The third kappa shape index (κ3) is 9.12. The van der Waals surface area contributed by atoms with Gasteiger partial charge < -0.3 is 21.1 Å². The van der Waals surface area contributed by atoms with Gasteiger partial charge in [-0.3, -0.25) is 9.59 Å². The average molecular weight is 376 g/mol. The van der Waals surface area contributed by atoms with Crippen LogP contribution in [0.2, 0.25) is 0 Å². The molecule has 0 aliphatic heterocycles. The van der Waals surface area contributed by atoms with Gasteiger partial charge in [-0.15, -0.1) is 24.2 Å². The number of carbonyl (C=O) groups excluding carboxylic acids is 2. The number of nitrogens with two attached hydrogens (primary N) is 1. The predicted molar refractivity (Wildman–Crippen MR) is 99.9 cm³/mol. The quantitative estimate of drug-likeness (QED) is 0.425. The molecule has 0 bridgehead atoms. The van der Waals surface area contributed by atoms with Crippen molar-refractivity contribution in [1.82, 2.24) is 10.6 Å². The molecule has 6 nitrogen and oxygen atoms in total. The maximum Gasteiger partial charge on any atom is 0.252 e. The van der Waals surface area contributed by atoms with Crippen molar-refractivity contribution in [3.8, 4) is 0 Å². The van der Waals surface area contributed by atoms with Gasteiger partial charge in [0.05, 0.1) is 17.9 Å². The fourth-order valence-electron chi connectivity index (χ4n) is 1.78. The van der Waals surface area contributed by atoms with Crippen molar-refractivity contribution in [1.29, 1.82) is 0 Å². The van der Waals surface area contributed by atoms with Gasteiger partial charge >= 0.3 is 0 Å². The van der Waals surface area contributed by atoms with E-state index in [1.54, 1.807) is 13.2 Å². The maximum atomic E-state index is 12.2. The highest BCUT2D eigenvalue weighted by Crippen LogP contribution is 2.22. The molecule has 1 rings (SSSR count). The average Bonchev–Trinajstić information content (AvgIpc) is 2.53. The van der Waals surface area contributed by atoms with Gasteiger partial charge in [0.15, 0.2) is 0 Å². The lowest BCUT2D eigenvalue weighted by atomic mass is 10.2. The molecule has 0 radical (unpaired) electrons. The number of nitrogens with one attached hydrogen (secondary N) is 2. The molecule has 0 saturated heterocycles. The lowest BCUT2D eigenvalue weighted by molar-refractivity contribution is -0.118. The maximum absolute atomic E-state index is 12.2. The van der Waals surface area contributed by atoms with Crippen molar-refractivity contribution in [3.63, 3.8) is 0 Å². The van der Waals surface area contributed by atoms with E-state index in [-0.39, 0.29) is 36.0 Å². The Hall–Kier alpha value is -1.28. The summed E-state index contributed by atoms with van der Waals surface area (Å²) in [5, 5.41) is 5.60. The van der Waals surface area contributed by atoms with Crippen molar-refractivity contribution >= 4 is 36.0 Å². The molecule has 0 aromatic heterocycles. The lowest BCUT2D eigenvalue weighted by Gasteiger charge is -2.11. The van der Waals surface area contributed by atoms with Crippen molar-refractivity contribution in [2.45, 2.75) is 24.3 Å². The Morgan fingerprint density at radius 2 is 1.96 bits per heavy atom.